The number of benzene rings is 2. The molecule has 0 spiro atoms. The van der Waals surface area contributed by atoms with Gasteiger partial charge in [0.05, 0.1) is 7.11 Å². The molecule has 0 unspecified atom stereocenters. The third kappa shape index (κ3) is 3.40. The van der Waals surface area contributed by atoms with Gasteiger partial charge in [0.15, 0.2) is 0 Å². The second kappa shape index (κ2) is 5.95. The molecule has 0 saturated heterocycles. The molecular weight excluding hydrogens is 287 g/mol. The average Bonchev–Trinajstić information content (AvgIpc) is 2.40. The van der Waals surface area contributed by atoms with E-state index in [0.717, 1.165) is 0 Å². The Labute approximate surface area is 120 Å². The Bertz CT molecular complexity index is 611. The number of methoxy groups -OCH3 is 1. The van der Waals surface area contributed by atoms with Crippen molar-refractivity contribution in [3.8, 4) is 11.5 Å². The highest BCUT2D eigenvalue weighted by molar-refractivity contribution is 6.31. The Balaban J connectivity index is 2.37. The van der Waals surface area contributed by atoms with E-state index in [4.69, 9.17) is 27.9 Å². The molecule has 0 fully saturated rings. The summed E-state index contributed by atoms with van der Waals surface area (Å²) in [6, 6.07) is 11.6. The quantitative estimate of drug-likeness (QED) is 0.778. The average molecular weight is 297 g/mol. The van der Waals surface area contributed by atoms with E-state index in [1.807, 2.05) is 0 Å². The minimum absolute atomic E-state index is 0.259. The lowest BCUT2D eigenvalue weighted by atomic mass is 10.2. The van der Waals surface area contributed by atoms with Crippen molar-refractivity contribution in [2.45, 2.75) is 0 Å². The maximum absolute atomic E-state index is 11.7. The summed E-state index contributed by atoms with van der Waals surface area (Å²) in [6.45, 7) is 0. The number of halogens is 2. The van der Waals surface area contributed by atoms with Crippen LogP contribution in [-0.2, 0) is 4.74 Å². The van der Waals surface area contributed by atoms with Crippen molar-refractivity contribution in [2.24, 2.45) is 0 Å². The van der Waals surface area contributed by atoms with Crippen molar-refractivity contribution >= 4 is 29.2 Å². The van der Waals surface area contributed by atoms with E-state index in [1.54, 1.807) is 36.4 Å². The fourth-order valence-electron chi connectivity index (χ4n) is 1.52. The number of carbonyl (C=O) groups excluding carboxylic acids is 1. The van der Waals surface area contributed by atoms with Gasteiger partial charge in [0, 0.05) is 10.0 Å². The molecule has 2 rings (SSSR count). The largest absolute Gasteiger partial charge is 0.465 e. The topological polar surface area (TPSA) is 35.5 Å². The van der Waals surface area contributed by atoms with E-state index in [1.165, 1.54) is 13.2 Å². The first-order chi connectivity index (χ1) is 9.10. The highest BCUT2D eigenvalue weighted by Gasteiger charge is 2.14. The van der Waals surface area contributed by atoms with Crippen molar-refractivity contribution in [3.63, 3.8) is 0 Å². The van der Waals surface area contributed by atoms with E-state index >= 15 is 0 Å². The van der Waals surface area contributed by atoms with E-state index < -0.39 is 5.97 Å². The molecule has 5 heteroatoms. The second-order valence-corrected chi connectivity index (χ2v) is 4.56. The van der Waals surface area contributed by atoms with Gasteiger partial charge in [0.2, 0.25) is 0 Å². The van der Waals surface area contributed by atoms with Gasteiger partial charge in [0.1, 0.15) is 17.1 Å². The van der Waals surface area contributed by atoms with Crippen LogP contribution in [0.2, 0.25) is 10.0 Å². The van der Waals surface area contributed by atoms with Gasteiger partial charge in [-0.2, -0.15) is 0 Å². The summed E-state index contributed by atoms with van der Waals surface area (Å²) >= 11 is 11.7. The molecule has 0 heterocycles. The molecule has 3 nitrogen and oxygen atoms in total. The molecule has 2 aromatic rings. The molecule has 0 N–H and O–H groups in total. The molecule has 0 aliphatic heterocycles. The van der Waals surface area contributed by atoms with Gasteiger partial charge in [-0.25, -0.2) is 4.79 Å². The third-order valence-corrected chi connectivity index (χ3v) is 2.84. The zero-order valence-electron chi connectivity index (χ0n) is 10.0. The fraction of sp³-hybridized carbons (Fsp3) is 0.0714. The summed E-state index contributed by atoms with van der Waals surface area (Å²) < 4.78 is 10.3. The molecule has 19 heavy (non-hydrogen) atoms. The fourth-order valence-corrected chi connectivity index (χ4v) is 1.87. The van der Waals surface area contributed by atoms with Crippen molar-refractivity contribution in [1.82, 2.24) is 0 Å². The first-order valence-corrected chi connectivity index (χ1v) is 6.17. The van der Waals surface area contributed by atoms with E-state index in [-0.39, 0.29) is 5.56 Å². The van der Waals surface area contributed by atoms with Crippen molar-refractivity contribution in [3.05, 3.63) is 58.1 Å². The number of hydrogen-bond acceptors (Lipinski definition) is 3. The third-order valence-electron chi connectivity index (χ3n) is 2.37. The van der Waals surface area contributed by atoms with Gasteiger partial charge in [-0.3, -0.25) is 0 Å². The minimum Gasteiger partial charge on any atom is -0.465 e. The van der Waals surface area contributed by atoms with Gasteiger partial charge in [-0.15, -0.1) is 0 Å². The van der Waals surface area contributed by atoms with Crippen LogP contribution >= 0.6 is 23.2 Å². The molecule has 0 bridgehead atoms. The molecule has 0 saturated carbocycles. The molecule has 98 valence electrons. The number of hydrogen-bond donors (Lipinski definition) is 0. The molecule has 0 amide bonds. The first-order valence-electron chi connectivity index (χ1n) is 5.41. The molecule has 2 aromatic carbocycles. The first kappa shape index (κ1) is 13.7. The Hall–Kier alpha value is -1.71. The van der Waals surface area contributed by atoms with Crippen LogP contribution in [0, 0.1) is 0 Å². The maximum Gasteiger partial charge on any atom is 0.341 e. The van der Waals surface area contributed by atoms with Gasteiger partial charge < -0.3 is 9.47 Å². The van der Waals surface area contributed by atoms with Crippen LogP contribution in [0.15, 0.2) is 42.5 Å². The lowest BCUT2D eigenvalue weighted by Crippen LogP contribution is -2.03. The normalized spacial score (nSPS) is 10.1. The molecule has 0 atom stereocenters. The highest BCUT2D eigenvalue weighted by atomic mass is 35.5. The maximum atomic E-state index is 11.7. The zero-order chi connectivity index (χ0) is 13.8. The smallest absolute Gasteiger partial charge is 0.341 e. The number of carbonyl (C=O) groups is 1. The van der Waals surface area contributed by atoms with Crippen LogP contribution in [-0.4, -0.2) is 13.1 Å². The van der Waals surface area contributed by atoms with Crippen LogP contribution < -0.4 is 4.74 Å². The van der Waals surface area contributed by atoms with Crippen molar-refractivity contribution < 1.29 is 14.3 Å². The predicted molar refractivity (Wildman–Crippen MR) is 74.3 cm³/mol. The predicted octanol–water partition coefficient (Wildman–Crippen LogP) is 4.57. The van der Waals surface area contributed by atoms with E-state index in [0.29, 0.717) is 21.5 Å². The van der Waals surface area contributed by atoms with Crippen molar-refractivity contribution in [1.29, 1.82) is 0 Å². The summed E-state index contributed by atoms with van der Waals surface area (Å²) in [5.41, 5.74) is 0.259. The van der Waals surface area contributed by atoms with Crippen LogP contribution in [0.4, 0.5) is 0 Å². The molecule has 0 aromatic heterocycles. The summed E-state index contributed by atoms with van der Waals surface area (Å²) in [6.07, 6.45) is 0. The zero-order valence-corrected chi connectivity index (χ0v) is 11.5. The molecule has 0 aliphatic carbocycles. The number of esters is 1. The second-order valence-electron chi connectivity index (χ2n) is 3.69. The monoisotopic (exact) mass is 296 g/mol. The number of rotatable bonds is 3. The van der Waals surface area contributed by atoms with E-state index in [9.17, 15) is 4.79 Å². The SMILES string of the molecule is COC(=O)c1cc(Cl)ccc1Oc1cccc(Cl)c1. The summed E-state index contributed by atoms with van der Waals surface area (Å²) in [4.78, 5) is 11.7. The Kier molecular flexibility index (Phi) is 4.30. The van der Waals surface area contributed by atoms with Gasteiger partial charge in [0.25, 0.3) is 0 Å². The van der Waals surface area contributed by atoms with Crippen molar-refractivity contribution in [2.75, 3.05) is 7.11 Å². The molecule has 0 aliphatic rings. The molecule has 0 radical (unpaired) electrons. The lowest BCUT2D eigenvalue weighted by molar-refractivity contribution is 0.0598. The Morgan fingerprint density at radius 1 is 1.05 bits per heavy atom. The van der Waals surface area contributed by atoms with Crippen LogP contribution in [0.3, 0.4) is 0 Å². The number of ether oxygens (including phenoxy) is 2. The van der Waals surface area contributed by atoms with Gasteiger partial charge >= 0.3 is 5.97 Å². The van der Waals surface area contributed by atoms with Crippen LogP contribution in [0.1, 0.15) is 10.4 Å². The Morgan fingerprint density at radius 3 is 2.47 bits per heavy atom. The standard InChI is InChI=1S/C14H10Cl2O3/c1-18-14(17)12-8-10(16)5-6-13(12)19-11-4-2-3-9(15)7-11/h2-8H,1H3. The summed E-state index contributed by atoms with van der Waals surface area (Å²) in [5, 5.41) is 0.977. The lowest BCUT2D eigenvalue weighted by Gasteiger charge is -2.10. The van der Waals surface area contributed by atoms with Gasteiger partial charge in [-0.1, -0.05) is 29.3 Å². The minimum atomic E-state index is -0.514. The van der Waals surface area contributed by atoms with Crippen LogP contribution in [0.5, 0.6) is 11.5 Å². The molecular formula is C14H10Cl2O3. The van der Waals surface area contributed by atoms with Gasteiger partial charge in [-0.05, 0) is 36.4 Å². The van der Waals surface area contributed by atoms with E-state index in [2.05, 4.69) is 4.74 Å². The van der Waals surface area contributed by atoms with Crippen LogP contribution in [0.25, 0.3) is 0 Å². The Morgan fingerprint density at radius 2 is 1.79 bits per heavy atom. The summed E-state index contributed by atoms with van der Waals surface area (Å²) in [7, 11) is 1.30. The highest BCUT2D eigenvalue weighted by Crippen LogP contribution is 2.29. The summed E-state index contributed by atoms with van der Waals surface area (Å²) in [5.74, 6) is 0.373.